The number of urea groups is 1. The fraction of sp³-hybridized carbons (Fsp3) is 0.385. The van der Waals surface area contributed by atoms with Crippen molar-refractivity contribution in [2.45, 2.75) is 18.7 Å². The van der Waals surface area contributed by atoms with E-state index in [0.29, 0.717) is 23.0 Å². The minimum absolute atomic E-state index is 0.0457. The lowest BCUT2D eigenvalue weighted by molar-refractivity contribution is -0.117. The Labute approximate surface area is 121 Å². The summed E-state index contributed by atoms with van der Waals surface area (Å²) in [4.78, 5) is 23.2. The smallest absolute Gasteiger partial charge is 0.321 e. The van der Waals surface area contributed by atoms with Gasteiger partial charge in [-0.15, -0.1) is 11.8 Å². The van der Waals surface area contributed by atoms with Crippen LogP contribution in [0.4, 0.5) is 14.9 Å². The molecule has 1 rings (SSSR count). The van der Waals surface area contributed by atoms with Gasteiger partial charge in [0.2, 0.25) is 5.91 Å². The molecule has 0 atom stereocenters. The number of amides is 3. The van der Waals surface area contributed by atoms with Crippen LogP contribution in [-0.4, -0.2) is 24.2 Å². The second-order valence-corrected chi connectivity index (χ2v) is 5.65. The predicted octanol–water partition coefficient (Wildman–Crippen LogP) is 1.98. The van der Waals surface area contributed by atoms with Crippen LogP contribution < -0.4 is 16.4 Å². The maximum Gasteiger partial charge on any atom is 0.321 e. The highest BCUT2D eigenvalue weighted by Gasteiger charge is 2.10. The number of anilines is 1. The van der Waals surface area contributed by atoms with Gasteiger partial charge in [-0.2, -0.15) is 0 Å². The van der Waals surface area contributed by atoms with Crippen molar-refractivity contribution in [2.24, 2.45) is 5.92 Å². The summed E-state index contributed by atoms with van der Waals surface area (Å²) < 4.78 is 13.5. The van der Waals surface area contributed by atoms with Crippen LogP contribution in [0.25, 0.3) is 0 Å². The Morgan fingerprint density at radius 2 is 2.10 bits per heavy atom. The van der Waals surface area contributed by atoms with Crippen LogP contribution in [0.3, 0.4) is 0 Å². The lowest BCUT2D eigenvalue weighted by Crippen LogP contribution is -2.41. The van der Waals surface area contributed by atoms with Crippen LogP contribution in [-0.2, 0) is 4.79 Å². The molecule has 0 spiro atoms. The zero-order valence-electron chi connectivity index (χ0n) is 11.4. The third kappa shape index (κ3) is 5.92. The summed E-state index contributed by atoms with van der Waals surface area (Å²) in [6.07, 6.45) is 0. The van der Waals surface area contributed by atoms with Gasteiger partial charge in [-0.25, -0.2) is 9.18 Å². The largest absolute Gasteiger partial charge is 0.399 e. The molecule has 0 aliphatic carbocycles. The van der Waals surface area contributed by atoms with E-state index in [4.69, 9.17) is 5.73 Å². The molecule has 0 aromatic heterocycles. The summed E-state index contributed by atoms with van der Waals surface area (Å²) in [5.74, 6) is -0.704. The number of halogens is 1. The molecule has 7 heteroatoms. The molecule has 0 saturated heterocycles. The fourth-order valence-electron chi connectivity index (χ4n) is 1.28. The number of nitrogen functional groups attached to an aromatic ring is 1. The van der Waals surface area contributed by atoms with E-state index in [9.17, 15) is 14.0 Å². The van der Waals surface area contributed by atoms with E-state index >= 15 is 0 Å². The molecular weight excluding hydrogens is 281 g/mol. The molecule has 1 aromatic carbocycles. The average molecular weight is 299 g/mol. The van der Waals surface area contributed by atoms with Gasteiger partial charge in [0.1, 0.15) is 5.82 Å². The summed E-state index contributed by atoms with van der Waals surface area (Å²) in [7, 11) is 0. The van der Waals surface area contributed by atoms with Crippen molar-refractivity contribution in [3.63, 3.8) is 0 Å². The van der Waals surface area contributed by atoms with Crippen molar-refractivity contribution in [2.75, 3.05) is 18.0 Å². The number of hydrogen-bond donors (Lipinski definition) is 3. The first-order valence-electron chi connectivity index (χ1n) is 6.14. The van der Waals surface area contributed by atoms with Gasteiger partial charge < -0.3 is 11.1 Å². The monoisotopic (exact) mass is 299 g/mol. The molecule has 3 amide bonds. The van der Waals surface area contributed by atoms with Crippen molar-refractivity contribution >= 4 is 29.4 Å². The van der Waals surface area contributed by atoms with Crippen LogP contribution in [0, 0.1) is 11.7 Å². The molecule has 0 heterocycles. The molecular formula is C13H18FN3O2S. The van der Waals surface area contributed by atoms with Crippen LogP contribution in [0.1, 0.15) is 13.8 Å². The number of nitrogens with two attached hydrogens (primary N) is 1. The highest BCUT2D eigenvalue weighted by atomic mass is 32.2. The average Bonchev–Trinajstić information content (AvgIpc) is 2.35. The van der Waals surface area contributed by atoms with E-state index in [1.54, 1.807) is 6.07 Å². The number of nitrogens with one attached hydrogen (secondary N) is 2. The zero-order valence-corrected chi connectivity index (χ0v) is 12.2. The lowest BCUT2D eigenvalue weighted by Gasteiger charge is -2.08. The van der Waals surface area contributed by atoms with Gasteiger partial charge in [0, 0.05) is 17.1 Å². The van der Waals surface area contributed by atoms with E-state index in [0.717, 1.165) is 11.8 Å². The van der Waals surface area contributed by atoms with Gasteiger partial charge in [-0.3, -0.25) is 10.1 Å². The summed E-state index contributed by atoms with van der Waals surface area (Å²) in [5.41, 5.74) is 5.75. The van der Waals surface area contributed by atoms with E-state index in [-0.39, 0.29) is 5.75 Å². The van der Waals surface area contributed by atoms with Crippen LogP contribution in [0.2, 0.25) is 0 Å². The van der Waals surface area contributed by atoms with Gasteiger partial charge in [0.05, 0.1) is 5.75 Å². The van der Waals surface area contributed by atoms with Crippen molar-refractivity contribution in [3.8, 4) is 0 Å². The van der Waals surface area contributed by atoms with E-state index in [1.807, 2.05) is 13.8 Å². The highest BCUT2D eigenvalue weighted by molar-refractivity contribution is 8.00. The van der Waals surface area contributed by atoms with E-state index < -0.39 is 17.8 Å². The first-order chi connectivity index (χ1) is 9.38. The molecule has 0 saturated carbocycles. The molecule has 1 aromatic rings. The SMILES string of the molecule is CC(C)CNC(=O)NC(=O)CSc1ccc(N)cc1F. The second kappa shape index (κ2) is 7.74. The Kier molecular flexibility index (Phi) is 6.30. The molecule has 0 bridgehead atoms. The third-order valence-electron chi connectivity index (χ3n) is 2.24. The molecule has 0 radical (unpaired) electrons. The summed E-state index contributed by atoms with van der Waals surface area (Å²) in [6.45, 7) is 4.38. The maximum atomic E-state index is 13.5. The number of rotatable bonds is 5. The third-order valence-corrected chi connectivity index (χ3v) is 3.29. The first-order valence-corrected chi connectivity index (χ1v) is 7.12. The normalized spacial score (nSPS) is 10.4. The predicted molar refractivity (Wildman–Crippen MR) is 77.9 cm³/mol. The molecule has 4 N–H and O–H groups in total. The van der Waals surface area contributed by atoms with Crippen LogP contribution in [0.5, 0.6) is 0 Å². The van der Waals surface area contributed by atoms with Gasteiger partial charge >= 0.3 is 6.03 Å². The summed E-state index contributed by atoms with van der Waals surface area (Å²) in [5, 5.41) is 4.74. The number of thioether (sulfide) groups is 1. The fourth-order valence-corrected chi connectivity index (χ4v) is 2.00. The number of imide groups is 1. The Bertz CT molecular complexity index is 495. The molecule has 5 nitrogen and oxygen atoms in total. The molecule has 0 aliphatic rings. The number of carbonyl (C=O) groups is 2. The zero-order chi connectivity index (χ0) is 15.1. The summed E-state index contributed by atoms with van der Waals surface area (Å²) in [6, 6.07) is 3.71. The van der Waals surface area contributed by atoms with Crippen molar-refractivity contribution in [1.82, 2.24) is 10.6 Å². The highest BCUT2D eigenvalue weighted by Crippen LogP contribution is 2.23. The van der Waals surface area contributed by atoms with E-state index in [2.05, 4.69) is 10.6 Å². The van der Waals surface area contributed by atoms with Gasteiger partial charge in [0.25, 0.3) is 0 Å². The van der Waals surface area contributed by atoms with Gasteiger partial charge in [-0.05, 0) is 24.1 Å². The van der Waals surface area contributed by atoms with E-state index in [1.165, 1.54) is 12.1 Å². The van der Waals surface area contributed by atoms with Gasteiger partial charge in [-0.1, -0.05) is 13.8 Å². The molecule has 20 heavy (non-hydrogen) atoms. The Morgan fingerprint density at radius 1 is 1.40 bits per heavy atom. The molecule has 0 fully saturated rings. The standard InChI is InChI=1S/C13H18FN3O2S/c1-8(2)6-16-13(19)17-12(18)7-20-11-4-3-9(15)5-10(11)14/h3-5,8H,6-7,15H2,1-2H3,(H2,16,17,18,19). The first kappa shape index (κ1) is 16.3. The Morgan fingerprint density at radius 3 is 2.70 bits per heavy atom. The lowest BCUT2D eigenvalue weighted by atomic mass is 10.2. The quantitative estimate of drug-likeness (QED) is 0.573. The Balaban J connectivity index is 2.38. The minimum atomic E-state index is -0.540. The van der Waals surface area contributed by atoms with Crippen LogP contribution >= 0.6 is 11.8 Å². The topological polar surface area (TPSA) is 84.2 Å². The minimum Gasteiger partial charge on any atom is -0.399 e. The number of carbonyl (C=O) groups excluding carboxylic acids is 2. The number of benzene rings is 1. The van der Waals surface area contributed by atoms with Gasteiger partial charge in [0.15, 0.2) is 0 Å². The summed E-state index contributed by atoms with van der Waals surface area (Å²) >= 11 is 1.01. The van der Waals surface area contributed by atoms with Crippen molar-refractivity contribution < 1.29 is 14.0 Å². The maximum absolute atomic E-state index is 13.5. The van der Waals surface area contributed by atoms with Crippen LogP contribution in [0.15, 0.2) is 23.1 Å². The second-order valence-electron chi connectivity index (χ2n) is 4.63. The number of hydrogen-bond acceptors (Lipinski definition) is 4. The molecule has 0 aliphatic heterocycles. The van der Waals surface area contributed by atoms with Crippen molar-refractivity contribution in [3.05, 3.63) is 24.0 Å². The van der Waals surface area contributed by atoms with Crippen molar-refractivity contribution in [1.29, 1.82) is 0 Å². The molecule has 110 valence electrons. The molecule has 0 unspecified atom stereocenters. The Hall–Kier alpha value is -1.76.